The van der Waals surface area contributed by atoms with Crippen LogP contribution in [-0.4, -0.2) is 82.0 Å². The highest BCUT2D eigenvalue weighted by atomic mass is 16.2. The van der Waals surface area contributed by atoms with Crippen LogP contribution in [-0.2, 0) is 6.42 Å². The summed E-state index contributed by atoms with van der Waals surface area (Å²) in [5, 5.41) is 11.5. The number of nitrogens with zero attached hydrogens (tertiary/aromatic N) is 6. The van der Waals surface area contributed by atoms with Crippen LogP contribution in [0.4, 0.5) is 5.69 Å². The fraction of sp³-hybridized carbons (Fsp3) is 0.600. The third-order valence-electron chi connectivity index (χ3n) is 5.94. The predicted octanol–water partition coefficient (Wildman–Crippen LogP) is 0.758. The molecule has 2 aliphatic heterocycles. The van der Waals surface area contributed by atoms with Crippen LogP contribution >= 0.6 is 0 Å². The Hall–Kier alpha value is -2.68. The third-order valence-corrected chi connectivity index (χ3v) is 5.94. The smallest absolute Gasteiger partial charge is 0.274 e. The summed E-state index contributed by atoms with van der Waals surface area (Å²) in [6, 6.07) is 3.38. The molecule has 1 amide bonds. The average molecular weight is 399 g/mol. The van der Waals surface area contributed by atoms with E-state index in [9.17, 15) is 9.59 Å². The van der Waals surface area contributed by atoms with E-state index in [1.807, 2.05) is 6.92 Å². The van der Waals surface area contributed by atoms with E-state index in [0.29, 0.717) is 18.8 Å². The number of carbonyl (C=O) groups is 1. The van der Waals surface area contributed by atoms with Crippen molar-refractivity contribution in [1.29, 1.82) is 0 Å². The van der Waals surface area contributed by atoms with Gasteiger partial charge in [-0.25, -0.2) is 4.68 Å². The number of nitrogens with one attached hydrogen (secondary N) is 1. The molecule has 0 bridgehead atoms. The maximum Gasteiger partial charge on any atom is 0.274 e. The summed E-state index contributed by atoms with van der Waals surface area (Å²) in [5.74, 6) is -0.0900. The molecule has 9 nitrogen and oxygen atoms in total. The molecule has 0 aliphatic carbocycles. The van der Waals surface area contributed by atoms with Gasteiger partial charge in [0.2, 0.25) is 0 Å². The molecule has 1 atom stereocenters. The molecule has 0 aromatic carbocycles. The highest BCUT2D eigenvalue weighted by Crippen LogP contribution is 2.22. The van der Waals surface area contributed by atoms with Gasteiger partial charge in [0.25, 0.3) is 11.5 Å². The zero-order valence-corrected chi connectivity index (χ0v) is 17.2. The van der Waals surface area contributed by atoms with Gasteiger partial charge in [-0.2, -0.15) is 10.2 Å². The summed E-state index contributed by atoms with van der Waals surface area (Å²) in [6.07, 6.45) is 4.28. The molecule has 4 rings (SSSR count). The Bertz CT molecular complexity index is 914. The third kappa shape index (κ3) is 4.19. The number of piperazine rings is 1. The van der Waals surface area contributed by atoms with Crippen molar-refractivity contribution in [3.05, 3.63) is 40.1 Å². The van der Waals surface area contributed by atoms with E-state index in [2.05, 4.69) is 32.1 Å². The number of rotatable bonds is 4. The maximum absolute atomic E-state index is 12.8. The number of likely N-dealkylation sites (N-methyl/N-ethyl adjacent to an activating group) is 1. The lowest BCUT2D eigenvalue weighted by molar-refractivity contribution is 0.0664. The first-order chi connectivity index (χ1) is 14.0. The highest BCUT2D eigenvalue weighted by molar-refractivity contribution is 5.92. The zero-order chi connectivity index (χ0) is 20.4. The Balaban J connectivity index is 1.46. The van der Waals surface area contributed by atoms with E-state index >= 15 is 0 Å². The molecule has 0 spiro atoms. The summed E-state index contributed by atoms with van der Waals surface area (Å²) in [5.41, 5.74) is 2.16. The van der Waals surface area contributed by atoms with Gasteiger partial charge in [0.15, 0.2) is 0 Å². The molecule has 1 N–H and O–H groups in total. The largest absolute Gasteiger partial charge is 0.368 e. The predicted molar refractivity (Wildman–Crippen MR) is 110 cm³/mol. The molecular formula is C20H29N7O2. The Morgan fingerprint density at radius 2 is 2.00 bits per heavy atom. The quantitative estimate of drug-likeness (QED) is 0.816. The van der Waals surface area contributed by atoms with Crippen molar-refractivity contribution in [3.8, 4) is 0 Å². The van der Waals surface area contributed by atoms with Gasteiger partial charge in [-0.3, -0.25) is 14.7 Å². The van der Waals surface area contributed by atoms with Gasteiger partial charge in [0.1, 0.15) is 5.69 Å². The summed E-state index contributed by atoms with van der Waals surface area (Å²) in [6.45, 7) is 6.94. The molecule has 2 aliphatic rings. The van der Waals surface area contributed by atoms with Gasteiger partial charge in [0, 0.05) is 51.0 Å². The first-order valence-corrected chi connectivity index (χ1v) is 10.4. The van der Waals surface area contributed by atoms with Crippen LogP contribution in [0, 0.1) is 0 Å². The van der Waals surface area contributed by atoms with E-state index in [4.69, 9.17) is 0 Å². The van der Waals surface area contributed by atoms with Crippen LogP contribution in [0.2, 0.25) is 0 Å². The lowest BCUT2D eigenvalue weighted by Gasteiger charge is -2.34. The zero-order valence-electron chi connectivity index (χ0n) is 17.2. The van der Waals surface area contributed by atoms with Gasteiger partial charge in [0.05, 0.1) is 17.9 Å². The summed E-state index contributed by atoms with van der Waals surface area (Å²) in [7, 11) is 2.11. The Labute approximate surface area is 170 Å². The summed E-state index contributed by atoms with van der Waals surface area (Å²) >= 11 is 0. The van der Waals surface area contributed by atoms with E-state index in [1.165, 1.54) is 0 Å². The van der Waals surface area contributed by atoms with Crippen LogP contribution in [0.1, 0.15) is 42.0 Å². The second-order valence-corrected chi connectivity index (χ2v) is 7.97. The molecule has 2 aromatic rings. The minimum Gasteiger partial charge on any atom is -0.368 e. The number of anilines is 1. The summed E-state index contributed by atoms with van der Waals surface area (Å²) < 4.78 is 1.54. The number of H-pyrrole nitrogens is 1. The van der Waals surface area contributed by atoms with Crippen molar-refractivity contribution in [2.45, 2.75) is 32.2 Å². The molecule has 2 aromatic heterocycles. The number of aromatic amines is 1. The van der Waals surface area contributed by atoms with Crippen molar-refractivity contribution in [2.24, 2.45) is 0 Å². The molecule has 156 valence electrons. The van der Waals surface area contributed by atoms with E-state index in [0.717, 1.165) is 56.8 Å². The monoisotopic (exact) mass is 399 g/mol. The molecule has 2 saturated heterocycles. The molecule has 0 radical (unpaired) electrons. The Kier molecular flexibility index (Phi) is 5.66. The number of likely N-dealkylation sites (tertiary alicyclic amines) is 1. The van der Waals surface area contributed by atoms with E-state index < -0.39 is 0 Å². The van der Waals surface area contributed by atoms with Gasteiger partial charge in [-0.05, 0) is 32.4 Å². The van der Waals surface area contributed by atoms with Crippen LogP contribution in [0.3, 0.4) is 0 Å². The first-order valence-electron chi connectivity index (χ1n) is 10.4. The number of hydrogen-bond donors (Lipinski definition) is 1. The second kappa shape index (κ2) is 8.36. The van der Waals surface area contributed by atoms with Gasteiger partial charge in [-0.15, -0.1) is 0 Å². The standard InChI is InChI=1S/C20H29N7O2/c1-3-15-11-18(23-22-15)20(29)26-6-4-5-16(14-26)27-19(28)12-17(13-21-27)25-9-7-24(2)8-10-25/h11-13,16H,3-10,14H2,1-2H3,(H,22,23)/t16-/m0/s1. The van der Waals surface area contributed by atoms with Crippen molar-refractivity contribution in [1.82, 2.24) is 29.8 Å². The fourth-order valence-corrected chi connectivity index (χ4v) is 4.07. The van der Waals surface area contributed by atoms with Gasteiger partial charge in [-0.1, -0.05) is 6.92 Å². The van der Waals surface area contributed by atoms with Crippen LogP contribution in [0.5, 0.6) is 0 Å². The van der Waals surface area contributed by atoms with E-state index in [-0.39, 0.29) is 17.5 Å². The molecule has 9 heteroatoms. The highest BCUT2D eigenvalue weighted by Gasteiger charge is 2.28. The minimum atomic E-state index is -0.105. The molecule has 0 unspecified atom stereocenters. The molecule has 0 saturated carbocycles. The fourth-order valence-electron chi connectivity index (χ4n) is 4.07. The molecule has 4 heterocycles. The second-order valence-electron chi connectivity index (χ2n) is 7.97. The first kappa shape index (κ1) is 19.6. The van der Waals surface area contributed by atoms with Gasteiger partial charge >= 0.3 is 0 Å². The van der Waals surface area contributed by atoms with Crippen molar-refractivity contribution in [2.75, 3.05) is 51.2 Å². The Morgan fingerprint density at radius 3 is 2.69 bits per heavy atom. The van der Waals surface area contributed by atoms with Crippen LogP contribution in [0.25, 0.3) is 0 Å². The number of aryl methyl sites for hydroxylation is 1. The topological polar surface area (TPSA) is 90.4 Å². The van der Waals surface area contributed by atoms with E-state index in [1.54, 1.807) is 27.9 Å². The minimum absolute atomic E-state index is 0.0900. The van der Waals surface area contributed by atoms with Crippen LogP contribution in [0.15, 0.2) is 23.1 Å². The summed E-state index contributed by atoms with van der Waals surface area (Å²) in [4.78, 5) is 31.9. The van der Waals surface area contributed by atoms with Crippen molar-refractivity contribution in [3.63, 3.8) is 0 Å². The normalized spacial score (nSPS) is 20.8. The SMILES string of the molecule is CCc1cc(C(=O)N2CCC[C@H](n3ncc(N4CCN(C)CC4)cc3=O)C2)n[nH]1. The van der Waals surface area contributed by atoms with Crippen LogP contribution < -0.4 is 10.5 Å². The van der Waals surface area contributed by atoms with Crippen molar-refractivity contribution >= 4 is 11.6 Å². The van der Waals surface area contributed by atoms with Crippen molar-refractivity contribution < 1.29 is 4.79 Å². The number of piperidine rings is 1. The number of hydrogen-bond acceptors (Lipinski definition) is 6. The Morgan fingerprint density at radius 1 is 1.21 bits per heavy atom. The maximum atomic E-state index is 12.8. The average Bonchev–Trinajstić information content (AvgIpc) is 3.23. The lowest BCUT2D eigenvalue weighted by Crippen LogP contribution is -2.46. The molecule has 2 fully saturated rings. The lowest BCUT2D eigenvalue weighted by atomic mass is 10.1. The molecular weight excluding hydrogens is 370 g/mol. The molecule has 29 heavy (non-hydrogen) atoms. The number of carbonyl (C=O) groups excluding carboxylic acids is 1. The number of amides is 1. The van der Waals surface area contributed by atoms with Gasteiger partial charge < -0.3 is 14.7 Å². The number of aromatic nitrogens is 4.